The Kier molecular flexibility index (Phi) is 6.81. The standard InChI is InChI=1S/C23H21ClF3N3O2/c24-18-4-5-19(32-11-1-2-15-8-12-31-13-9-15)17-3-6-20(30-22(17)18)29-21-14-16(7-10-28-21)23(25,26)27/h2-7,10,14H,1,8-9,11-13H2,(H,28,29,30). The van der Waals surface area contributed by atoms with E-state index in [9.17, 15) is 13.2 Å². The van der Waals surface area contributed by atoms with E-state index in [0.29, 0.717) is 28.7 Å². The Balaban J connectivity index is 1.49. The predicted molar refractivity (Wildman–Crippen MR) is 118 cm³/mol. The first kappa shape index (κ1) is 22.4. The van der Waals surface area contributed by atoms with Crippen molar-refractivity contribution in [3.8, 4) is 5.75 Å². The molecule has 1 N–H and O–H groups in total. The minimum Gasteiger partial charge on any atom is -0.493 e. The van der Waals surface area contributed by atoms with E-state index in [-0.39, 0.29) is 5.82 Å². The van der Waals surface area contributed by atoms with Crippen molar-refractivity contribution < 1.29 is 22.6 Å². The van der Waals surface area contributed by atoms with Gasteiger partial charge in [0.15, 0.2) is 0 Å². The van der Waals surface area contributed by atoms with Crippen molar-refractivity contribution in [1.82, 2.24) is 9.97 Å². The Labute approximate surface area is 188 Å². The molecule has 1 saturated heterocycles. The van der Waals surface area contributed by atoms with Crippen molar-refractivity contribution in [1.29, 1.82) is 0 Å². The Morgan fingerprint density at radius 3 is 2.69 bits per heavy atom. The van der Waals surface area contributed by atoms with Crippen LogP contribution < -0.4 is 10.1 Å². The highest BCUT2D eigenvalue weighted by atomic mass is 35.5. The lowest BCUT2D eigenvalue weighted by Crippen LogP contribution is -2.07. The summed E-state index contributed by atoms with van der Waals surface area (Å²) in [7, 11) is 0. The second kappa shape index (κ2) is 9.75. The maximum atomic E-state index is 12.9. The minimum atomic E-state index is -4.45. The third-order valence-electron chi connectivity index (χ3n) is 5.05. The number of hydrogen-bond acceptors (Lipinski definition) is 5. The van der Waals surface area contributed by atoms with E-state index in [0.717, 1.165) is 56.2 Å². The van der Waals surface area contributed by atoms with Gasteiger partial charge in [0.1, 0.15) is 17.4 Å². The van der Waals surface area contributed by atoms with Gasteiger partial charge in [0, 0.05) is 11.6 Å². The molecule has 1 aliphatic rings. The van der Waals surface area contributed by atoms with Crippen LogP contribution in [0.1, 0.15) is 24.8 Å². The van der Waals surface area contributed by atoms with Gasteiger partial charge in [-0.3, -0.25) is 0 Å². The van der Waals surface area contributed by atoms with Gasteiger partial charge in [0.05, 0.1) is 35.9 Å². The Hall–Kier alpha value is -2.84. The number of fused-ring (bicyclic) bond motifs is 1. The van der Waals surface area contributed by atoms with Gasteiger partial charge in [-0.05, 0) is 55.7 Å². The fraction of sp³-hybridized carbons (Fsp3) is 0.304. The molecular weight excluding hydrogens is 443 g/mol. The summed E-state index contributed by atoms with van der Waals surface area (Å²) in [6.07, 6.45) is 1.55. The summed E-state index contributed by atoms with van der Waals surface area (Å²) < 4.78 is 50.1. The van der Waals surface area contributed by atoms with Crippen molar-refractivity contribution in [3.05, 3.63) is 64.8 Å². The van der Waals surface area contributed by atoms with Crippen molar-refractivity contribution in [3.63, 3.8) is 0 Å². The van der Waals surface area contributed by atoms with Crippen LogP contribution in [-0.2, 0) is 10.9 Å². The number of pyridine rings is 2. The fourth-order valence-corrected chi connectivity index (χ4v) is 3.64. The molecule has 168 valence electrons. The Bertz CT molecular complexity index is 1130. The van der Waals surface area contributed by atoms with Crippen LogP contribution in [-0.4, -0.2) is 29.8 Å². The Morgan fingerprint density at radius 1 is 1.09 bits per heavy atom. The predicted octanol–water partition coefficient (Wildman–Crippen LogP) is 6.55. The number of hydrogen-bond donors (Lipinski definition) is 1. The largest absolute Gasteiger partial charge is 0.493 e. The van der Waals surface area contributed by atoms with Crippen LogP contribution in [0, 0.1) is 0 Å². The number of alkyl halides is 3. The third kappa shape index (κ3) is 5.49. The molecule has 5 nitrogen and oxygen atoms in total. The van der Waals surface area contributed by atoms with E-state index in [4.69, 9.17) is 21.1 Å². The molecule has 3 heterocycles. The lowest BCUT2D eigenvalue weighted by atomic mass is 10.1. The van der Waals surface area contributed by atoms with E-state index in [1.165, 1.54) is 5.57 Å². The van der Waals surface area contributed by atoms with Crippen LogP contribution in [0.3, 0.4) is 0 Å². The number of nitrogens with one attached hydrogen (secondary N) is 1. The van der Waals surface area contributed by atoms with Crippen LogP contribution in [0.15, 0.2) is 54.2 Å². The number of rotatable bonds is 6. The first-order valence-corrected chi connectivity index (χ1v) is 10.6. The molecular formula is C23H21ClF3N3O2. The van der Waals surface area contributed by atoms with E-state index in [2.05, 4.69) is 21.4 Å². The van der Waals surface area contributed by atoms with Crippen LogP contribution in [0.2, 0.25) is 5.02 Å². The van der Waals surface area contributed by atoms with E-state index < -0.39 is 11.7 Å². The quantitative estimate of drug-likeness (QED) is 0.332. The molecule has 0 unspecified atom stereocenters. The van der Waals surface area contributed by atoms with Gasteiger partial charge in [-0.2, -0.15) is 13.2 Å². The van der Waals surface area contributed by atoms with Crippen molar-refractivity contribution >= 4 is 34.1 Å². The lowest BCUT2D eigenvalue weighted by molar-refractivity contribution is -0.137. The smallest absolute Gasteiger partial charge is 0.416 e. The topological polar surface area (TPSA) is 56.3 Å². The third-order valence-corrected chi connectivity index (χ3v) is 5.36. The summed E-state index contributed by atoms with van der Waals surface area (Å²) >= 11 is 6.32. The Morgan fingerprint density at radius 2 is 1.91 bits per heavy atom. The number of ether oxygens (including phenoxy) is 2. The van der Waals surface area contributed by atoms with Crippen molar-refractivity contribution in [2.24, 2.45) is 0 Å². The lowest BCUT2D eigenvalue weighted by Gasteiger charge is -2.15. The number of benzene rings is 1. The maximum Gasteiger partial charge on any atom is 0.416 e. The monoisotopic (exact) mass is 463 g/mol. The summed E-state index contributed by atoms with van der Waals surface area (Å²) in [6, 6.07) is 8.75. The van der Waals surface area contributed by atoms with E-state index in [1.807, 2.05) is 0 Å². The molecule has 0 radical (unpaired) electrons. The van der Waals surface area contributed by atoms with E-state index in [1.54, 1.807) is 24.3 Å². The average Bonchev–Trinajstić information content (AvgIpc) is 2.78. The highest BCUT2D eigenvalue weighted by molar-refractivity contribution is 6.35. The molecule has 32 heavy (non-hydrogen) atoms. The zero-order valence-corrected chi connectivity index (χ0v) is 17.8. The molecule has 0 aliphatic carbocycles. The zero-order chi connectivity index (χ0) is 22.6. The molecule has 2 aromatic heterocycles. The summed E-state index contributed by atoms with van der Waals surface area (Å²) in [6.45, 7) is 2.05. The summed E-state index contributed by atoms with van der Waals surface area (Å²) in [5.41, 5.74) is 1.09. The first-order valence-electron chi connectivity index (χ1n) is 10.2. The SMILES string of the molecule is FC(F)(F)c1ccnc(Nc2ccc3c(OCCC=C4CCOCC4)ccc(Cl)c3n2)c1. The van der Waals surface area contributed by atoms with Gasteiger partial charge < -0.3 is 14.8 Å². The first-order chi connectivity index (χ1) is 15.4. The molecule has 1 aliphatic heterocycles. The van der Waals surface area contributed by atoms with Crippen molar-refractivity contribution in [2.75, 3.05) is 25.1 Å². The van der Waals surface area contributed by atoms with Crippen LogP contribution in [0.25, 0.3) is 10.9 Å². The van der Waals surface area contributed by atoms with Crippen LogP contribution >= 0.6 is 11.6 Å². The second-order valence-corrected chi connectivity index (χ2v) is 7.71. The van der Waals surface area contributed by atoms with Gasteiger partial charge in [-0.1, -0.05) is 23.3 Å². The second-order valence-electron chi connectivity index (χ2n) is 7.30. The highest BCUT2D eigenvalue weighted by Gasteiger charge is 2.30. The number of aromatic nitrogens is 2. The van der Waals surface area contributed by atoms with E-state index >= 15 is 0 Å². The highest BCUT2D eigenvalue weighted by Crippen LogP contribution is 2.33. The molecule has 3 aromatic rings. The summed E-state index contributed by atoms with van der Waals surface area (Å²) in [5.74, 6) is 1.01. The molecule has 1 fully saturated rings. The number of halogens is 4. The van der Waals surface area contributed by atoms with Crippen LogP contribution in [0.5, 0.6) is 5.75 Å². The molecule has 0 atom stereocenters. The van der Waals surface area contributed by atoms with Gasteiger partial charge >= 0.3 is 6.18 Å². The normalized spacial score (nSPS) is 14.4. The number of nitrogens with zero attached hydrogens (tertiary/aromatic N) is 2. The average molecular weight is 464 g/mol. The number of anilines is 2. The zero-order valence-electron chi connectivity index (χ0n) is 17.1. The molecule has 9 heteroatoms. The molecule has 0 saturated carbocycles. The maximum absolute atomic E-state index is 12.9. The molecule has 0 bridgehead atoms. The molecule has 0 spiro atoms. The summed E-state index contributed by atoms with van der Waals surface area (Å²) in [5, 5.41) is 3.94. The van der Waals surface area contributed by atoms with Gasteiger partial charge in [0.25, 0.3) is 0 Å². The molecule has 1 aromatic carbocycles. The molecule has 4 rings (SSSR count). The molecule has 0 amide bonds. The van der Waals surface area contributed by atoms with Crippen molar-refractivity contribution in [2.45, 2.75) is 25.4 Å². The van der Waals surface area contributed by atoms with Gasteiger partial charge in [0.2, 0.25) is 0 Å². The van der Waals surface area contributed by atoms with Crippen LogP contribution in [0.4, 0.5) is 24.8 Å². The summed E-state index contributed by atoms with van der Waals surface area (Å²) in [4.78, 5) is 8.39. The van der Waals surface area contributed by atoms with Gasteiger partial charge in [-0.25, -0.2) is 9.97 Å². The van der Waals surface area contributed by atoms with Gasteiger partial charge in [-0.15, -0.1) is 0 Å². The fourth-order valence-electron chi connectivity index (χ4n) is 3.43. The minimum absolute atomic E-state index is 0.0383.